The number of benzene rings is 1. The first-order valence-corrected chi connectivity index (χ1v) is 15.9. The lowest BCUT2D eigenvalue weighted by Gasteiger charge is -2.31. The molecule has 5 heterocycles. The summed E-state index contributed by atoms with van der Waals surface area (Å²) in [5, 5.41) is 22.6. The molecule has 1 aromatic carbocycles. The van der Waals surface area contributed by atoms with Gasteiger partial charge in [0.25, 0.3) is 11.5 Å². The van der Waals surface area contributed by atoms with Gasteiger partial charge in [0, 0.05) is 56.7 Å². The summed E-state index contributed by atoms with van der Waals surface area (Å²) in [5.74, 6) is -3.96. The number of anilines is 1. The second kappa shape index (κ2) is 13.4. The zero-order valence-electron chi connectivity index (χ0n) is 26.4. The van der Waals surface area contributed by atoms with Crippen molar-refractivity contribution in [1.82, 2.24) is 29.5 Å². The quantitative estimate of drug-likeness (QED) is 0.298. The van der Waals surface area contributed by atoms with Crippen molar-refractivity contribution in [1.29, 1.82) is 5.26 Å². The van der Waals surface area contributed by atoms with Crippen LogP contribution in [-0.4, -0.2) is 56.0 Å². The van der Waals surface area contributed by atoms with Crippen LogP contribution in [0, 0.1) is 24.1 Å². The molecule has 0 radical (unpaired) electrons. The topological polar surface area (TPSA) is 133 Å². The average Bonchev–Trinajstić information content (AvgIpc) is 3.51. The Kier molecular flexibility index (Phi) is 9.29. The highest BCUT2D eigenvalue weighted by Gasteiger charge is 2.39. The highest BCUT2D eigenvalue weighted by molar-refractivity contribution is 5.88. The first kappa shape index (κ1) is 32.6. The molecule has 0 amide bonds. The smallest absolute Gasteiger partial charge is 0.298 e. The second-order valence-corrected chi connectivity index (χ2v) is 12.3. The number of alkyl halides is 2. The monoisotopic (exact) mass is 650 g/mol. The fraction of sp³-hybridized carbons (Fsp3) is 0.515. The Balaban J connectivity index is 1.50. The number of ether oxygens (including phenoxy) is 2. The van der Waals surface area contributed by atoms with Crippen LogP contribution in [-0.2, 0) is 40.3 Å². The Labute approximate surface area is 269 Å². The SMILES string of the molecule is Cc1nc2c3cc(C4(C#N)CCOCC4)c(=O)n(c3n1)CCc1cn(nn1)CCCCCOCC(F)(F)c1cccc(c1F)[C@@H](C)N2. The number of nitrogens with zero attached hydrogens (tertiary/aromatic N) is 7. The Hall–Kier alpha value is -4.35. The molecule has 1 fully saturated rings. The highest BCUT2D eigenvalue weighted by Crippen LogP contribution is 2.37. The van der Waals surface area contributed by atoms with Gasteiger partial charge in [0.2, 0.25) is 0 Å². The third kappa shape index (κ3) is 6.59. The van der Waals surface area contributed by atoms with Gasteiger partial charge in [-0.3, -0.25) is 14.0 Å². The molecular formula is C33H37F3N8O3. The Morgan fingerprint density at radius 3 is 2.66 bits per heavy atom. The third-order valence-corrected chi connectivity index (χ3v) is 9.01. The molecule has 0 saturated carbocycles. The molecule has 6 rings (SSSR count). The molecule has 1 saturated heterocycles. The fourth-order valence-electron chi connectivity index (χ4n) is 6.35. The minimum Gasteiger partial charge on any atom is -0.381 e. The van der Waals surface area contributed by atoms with E-state index in [2.05, 4.69) is 31.7 Å². The van der Waals surface area contributed by atoms with Crippen LogP contribution in [0.3, 0.4) is 0 Å². The molecule has 11 nitrogen and oxygen atoms in total. The van der Waals surface area contributed by atoms with Crippen LogP contribution in [0.5, 0.6) is 0 Å². The van der Waals surface area contributed by atoms with Gasteiger partial charge in [0.05, 0.1) is 34.2 Å². The minimum atomic E-state index is -3.55. The molecule has 8 bridgehead atoms. The maximum atomic E-state index is 15.8. The number of nitrogens with one attached hydrogen (secondary N) is 1. The van der Waals surface area contributed by atoms with Gasteiger partial charge in [-0.25, -0.2) is 14.4 Å². The van der Waals surface area contributed by atoms with Gasteiger partial charge in [-0.2, -0.15) is 14.0 Å². The first-order chi connectivity index (χ1) is 22.6. The van der Waals surface area contributed by atoms with Gasteiger partial charge in [0.1, 0.15) is 29.7 Å². The summed E-state index contributed by atoms with van der Waals surface area (Å²) in [6, 6.07) is 7.14. The minimum absolute atomic E-state index is 0.0169. The van der Waals surface area contributed by atoms with Crippen molar-refractivity contribution in [2.45, 2.75) is 82.8 Å². The summed E-state index contributed by atoms with van der Waals surface area (Å²) in [6.07, 6.45) is 4.88. The Bertz CT molecular complexity index is 1860. The van der Waals surface area contributed by atoms with E-state index in [1.807, 2.05) is 6.20 Å². The molecule has 1 N–H and O–H groups in total. The molecular weight excluding hydrogens is 613 g/mol. The molecule has 14 heteroatoms. The van der Waals surface area contributed by atoms with Crippen LogP contribution < -0.4 is 10.9 Å². The van der Waals surface area contributed by atoms with Gasteiger partial charge in [-0.15, -0.1) is 5.10 Å². The van der Waals surface area contributed by atoms with Gasteiger partial charge >= 0.3 is 0 Å². The summed E-state index contributed by atoms with van der Waals surface area (Å²) < 4.78 is 60.4. The van der Waals surface area contributed by atoms with Gasteiger partial charge in [-0.1, -0.05) is 17.3 Å². The number of aryl methyl sites for hydroxylation is 4. The molecule has 3 aromatic heterocycles. The molecule has 2 aliphatic rings. The van der Waals surface area contributed by atoms with Crippen molar-refractivity contribution >= 4 is 16.9 Å². The lowest BCUT2D eigenvalue weighted by Crippen LogP contribution is -2.40. The summed E-state index contributed by atoms with van der Waals surface area (Å²) in [7, 11) is 0. The number of hydrogen-bond acceptors (Lipinski definition) is 9. The van der Waals surface area contributed by atoms with E-state index in [0.29, 0.717) is 73.6 Å². The molecule has 2 aliphatic heterocycles. The van der Waals surface area contributed by atoms with Crippen molar-refractivity contribution < 1.29 is 22.6 Å². The Morgan fingerprint density at radius 1 is 1.06 bits per heavy atom. The van der Waals surface area contributed by atoms with Gasteiger partial charge < -0.3 is 14.8 Å². The predicted molar refractivity (Wildman–Crippen MR) is 167 cm³/mol. The molecule has 248 valence electrons. The van der Waals surface area contributed by atoms with E-state index in [4.69, 9.17) is 9.47 Å². The van der Waals surface area contributed by atoms with Crippen LogP contribution >= 0.6 is 0 Å². The molecule has 4 aromatic rings. The number of fused-ring (bicyclic) bond motifs is 4. The molecule has 47 heavy (non-hydrogen) atoms. The van der Waals surface area contributed by atoms with Crippen molar-refractivity contribution in [2.75, 3.05) is 31.7 Å². The molecule has 1 atom stereocenters. The molecule has 0 aliphatic carbocycles. The lowest BCUT2D eigenvalue weighted by atomic mass is 9.75. The maximum absolute atomic E-state index is 15.8. The van der Waals surface area contributed by atoms with Crippen molar-refractivity contribution in [3.8, 4) is 6.07 Å². The molecule has 0 unspecified atom stereocenters. The van der Waals surface area contributed by atoms with E-state index in [1.165, 1.54) is 16.7 Å². The zero-order chi connectivity index (χ0) is 33.2. The normalized spacial score (nSPS) is 20.5. The van der Waals surface area contributed by atoms with Crippen LogP contribution in [0.4, 0.5) is 19.0 Å². The van der Waals surface area contributed by atoms with Crippen LogP contribution in [0.15, 0.2) is 35.3 Å². The number of hydrogen-bond donors (Lipinski definition) is 1. The predicted octanol–water partition coefficient (Wildman–Crippen LogP) is 5.11. The van der Waals surface area contributed by atoms with E-state index in [9.17, 15) is 10.1 Å². The maximum Gasteiger partial charge on any atom is 0.298 e. The van der Waals surface area contributed by atoms with Gasteiger partial charge in [0.15, 0.2) is 0 Å². The Morgan fingerprint density at radius 2 is 1.87 bits per heavy atom. The van der Waals surface area contributed by atoms with E-state index in [1.54, 1.807) is 24.6 Å². The second-order valence-electron chi connectivity index (χ2n) is 12.3. The van der Waals surface area contributed by atoms with E-state index in [0.717, 1.165) is 18.9 Å². The van der Waals surface area contributed by atoms with Crippen molar-refractivity contribution in [2.24, 2.45) is 0 Å². The first-order valence-electron chi connectivity index (χ1n) is 15.9. The number of pyridine rings is 1. The van der Waals surface area contributed by atoms with E-state index >= 15 is 13.2 Å². The average molecular weight is 651 g/mol. The fourth-order valence-corrected chi connectivity index (χ4v) is 6.35. The number of halogens is 3. The van der Waals surface area contributed by atoms with E-state index < -0.39 is 35.4 Å². The van der Waals surface area contributed by atoms with Crippen LogP contribution in [0.2, 0.25) is 0 Å². The summed E-state index contributed by atoms with van der Waals surface area (Å²) in [6.45, 7) is 3.93. The summed E-state index contributed by atoms with van der Waals surface area (Å²) >= 11 is 0. The molecule has 0 spiro atoms. The van der Waals surface area contributed by atoms with Gasteiger partial charge in [-0.05, 0) is 58.1 Å². The van der Waals surface area contributed by atoms with Crippen molar-refractivity contribution in [3.63, 3.8) is 0 Å². The number of nitriles is 1. The number of aromatic nitrogens is 6. The van der Waals surface area contributed by atoms with E-state index in [-0.39, 0.29) is 30.1 Å². The largest absolute Gasteiger partial charge is 0.381 e. The standard InChI is InChI=1S/C33H37F3N8O3/c1-21-24-7-6-8-26(28(24)34)33(35,36)20-47-14-5-3-4-12-43-18-23(41-42-43)9-13-44-30-25(29(38-21)39-22(2)40-30)17-27(31(44)45)32(19-37)10-15-46-16-11-32/h6-8,17-18,21H,3-5,9-16,20H2,1-2H3,(H,38,39,40)/t21-/m1/s1. The highest BCUT2D eigenvalue weighted by atomic mass is 19.3. The zero-order valence-corrected chi connectivity index (χ0v) is 26.4. The van der Waals surface area contributed by atoms with Crippen LogP contribution in [0.1, 0.15) is 73.3 Å². The summed E-state index contributed by atoms with van der Waals surface area (Å²) in [5.41, 5.74) is -0.869. The summed E-state index contributed by atoms with van der Waals surface area (Å²) in [4.78, 5) is 23.5. The van der Waals surface area contributed by atoms with Crippen LogP contribution in [0.25, 0.3) is 11.0 Å². The van der Waals surface area contributed by atoms with Crippen molar-refractivity contribution in [3.05, 3.63) is 74.8 Å². The number of rotatable bonds is 1. The lowest BCUT2D eigenvalue weighted by molar-refractivity contribution is -0.0853. The third-order valence-electron chi connectivity index (χ3n) is 9.01.